The molecule has 2 aromatic heterocycles. The summed E-state index contributed by atoms with van der Waals surface area (Å²) in [6.07, 6.45) is 1.71. The van der Waals surface area contributed by atoms with Gasteiger partial charge in [0.1, 0.15) is 17.1 Å². The van der Waals surface area contributed by atoms with Gasteiger partial charge in [0.05, 0.1) is 36.0 Å². The summed E-state index contributed by atoms with van der Waals surface area (Å²) in [7, 11) is 3.25. The molecule has 0 atom stereocenters. The molecule has 6 nitrogen and oxygen atoms in total. The fourth-order valence-electron chi connectivity index (χ4n) is 2.90. The molecule has 0 amide bonds. The van der Waals surface area contributed by atoms with Crippen LogP contribution >= 0.6 is 11.6 Å². The van der Waals surface area contributed by atoms with Crippen molar-refractivity contribution in [1.82, 2.24) is 15.0 Å². The summed E-state index contributed by atoms with van der Waals surface area (Å²) < 4.78 is 10.7. The first kappa shape index (κ1) is 17.2. The summed E-state index contributed by atoms with van der Waals surface area (Å²) >= 11 is 6.38. The zero-order valence-corrected chi connectivity index (χ0v) is 15.5. The molecule has 0 unspecified atom stereocenters. The maximum atomic E-state index is 6.38. The number of halogens is 1. The number of methoxy groups -OCH3 is 2. The van der Waals surface area contributed by atoms with Gasteiger partial charge >= 0.3 is 0 Å². The van der Waals surface area contributed by atoms with E-state index in [4.69, 9.17) is 26.1 Å². The van der Waals surface area contributed by atoms with E-state index in [1.807, 2.05) is 48.5 Å². The Morgan fingerprint density at radius 2 is 1.85 bits per heavy atom. The Morgan fingerprint density at radius 3 is 2.67 bits per heavy atom. The predicted octanol–water partition coefficient (Wildman–Crippen LogP) is 5.04. The number of benzene rings is 2. The van der Waals surface area contributed by atoms with Gasteiger partial charge in [-0.05, 0) is 24.3 Å². The number of fused-ring (bicyclic) bond motifs is 1. The van der Waals surface area contributed by atoms with Crippen molar-refractivity contribution in [2.24, 2.45) is 0 Å². The molecule has 0 saturated heterocycles. The lowest BCUT2D eigenvalue weighted by molar-refractivity contribution is 0.415. The molecular weight excluding hydrogens is 364 g/mol. The van der Waals surface area contributed by atoms with Crippen LogP contribution in [0.5, 0.6) is 11.5 Å². The van der Waals surface area contributed by atoms with Crippen LogP contribution < -0.4 is 14.8 Å². The van der Waals surface area contributed by atoms with Crippen molar-refractivity contribution in [2.75, 3.05) is 19.5 Å². The van der Waals surface area contributed by atoms with Crippen molar-refractivity contribution in [3.63, 3.8) is 0 Å². The van der Waals surface area contributed by atoms with Gasteiger partial charge in [0.15, 0.2) is 0 Å². The molecule has 136 valence electrons. The number of ether oxygens (including phenoxy) is 2. The molecule has 0 aliphatic carbocycles. The molecule has 0 radical (unpaired) electrons. The number of para-hydroxylation sites is 2. The first-order valence-corrected chi connectivity index (χ1v) is 8.66. The van der Waals surface area contributed by atoms with Crippen LogP contribution in [0.1, 0.15) is 0 Å². The molecule has 0 aliphatic rings. The van der Waals surface area contributed by atoms with Gasteiger partial charge in [-0.15, -0.1) is 0 Å². The summed E-state index contributed by atoms with van der Waals surface area (Å²) in [6.45, 7) is 0. The number of hydrogen-bond donors (Lipinski definition) is 2. The number of aromatic nitrogens is 3. The van der Waals surface area contributed by atoms with Crippen molar-refractivity contribution in [3.05, 3.63) is 59.8 Å². The van der Waals surface area contributed by atoms with E-state index in [9.17, 15) is 0 Å². The SMILES string of the molecule is COc1cccc(-c2nc(Nc3ccccc3OC)nc3[nH]cc(Cl)c23)c1. The van der Waals surface area contributed by atoms with Crippen molar-refractivity contribution in [3.8, 4) is 22.8 Å². The van der Waals surface area contributed by atoms with Crippen LogP contribution in [0.2, 0.25) is 5.02 Å². The van der Waals surface area contributed by atoms with Crippen LogP contribution in [0.3, 0.4) is 0 Å². The monoisotopic (exact) mass is 380 g/mol. The summed E-state index contributed by atoms with van der Waals surface area (Å²) in [5.74, 6) is 1.88. The number of H-pyrrole nitrogens is 1. The quantitative estimate of drug-likeness (QED) is 0.507. The summed E-state index contributed by atoms with van der Waals surface area (Å²) in [5.41, 5.74) is 3.01. The first-order valence-electron chi connectivity index (χ1n) is 8.28. The second-order valence-corrected chi connectivity index (χ2v) is 6.22. The van der Waals surface area contributed by atoms with E-state index >= 15 is 0 Å². The third-order valence-corrected chi connectivity index (χ3v) is 4.48. The summed E-state index contributed by atoms with van der Waals surface area (Å²) in [6, 6.07) is 15.3. The lowest BCUT2D eigenvalue weighted by Gasteiger charge is -2.12. The van der Waals surface area contributed by atoms with E-state index in [1.165, 1.54) is 0 Å². The summed E-state index contributed by atoms with van der Waals surface area (Å²) in [5, 5.41) is 4.54. The van der Waals surface area contributed by atoms with Gasteiger partial charge in [0.2, 0.25) is 5.95 Å². The van der Waals surface area contributed by atoms with Crippen LogP contribution in [-0.2, 0) is 0 Å². The highest BCUT2D eigenvalue weighted by Crippen LogP contribution is 2.35. The molecular formula is C20H17ClN4O2. The largest absolute Gasteiger partial charge is 0.497 e. The van der Waals surface area contributed by atoms with Gasteiger partial charge in [-0.1, -0.05) is 35.9 Å². The number of anilines is 2. The molecule has 4 rings (SSSR count). The van der Waals surface area contributed by atoms with Crippen LogP contribution in [0, 0.1) is 0 Å². The fraction of sp³-hybridized carbons (Fsp3) is 0.100. The molecule has 0 bridgehead atoms. The minimum Gasteiger partial charge on any atom is -0.497 e. The van der Waals surface area contributed by atoms with Crippen molar-refractivity contribution >= 4 is 34.3 Å². The molecule has 0 saturated carbocycles. The van der Waals surface area contributed by atoms with E-state index in [1.54, 1.807) is 20.4 Å². The number of rotatable bonds is 5. The minimum absolute atomic E-state index is 0.434. The second kappa shape index (κ2) is 7.17. The fourth-order valence-corrected chi connectivity index (χ4v) is 3.13. The van der Waals surface area contributed by atoms with E-state index < -0.39 is 0 Å². The topological polar surface area (TPSA) is 72.1 Å². The molecule has 7 heteroatoms. The Hall–Kier alpha value is -3.25. The van der Waals surface area contributed by atoms with Gasteiger partial charge in [-0.3, -0.25) is 0 Å². The van der Waals surface area contributed by atoms with Gasteiger partial charge < -0.3 is 19.8 Å². The molecule has 2 N–H and O–H groups in total. The molecule has 27 heavy (non-hydrogen) atoms. The Balaban J connectivity index is 1.86. The smallest absolute Gasteiger partial charge is 0.229 e. The Bertz CT molecular complexity index is 1110. The molecule has 2 heterocycles. The molecule has 0 aliphatic heterocycles. The Kier molecular flexibility index (Phi) is 4.56. The highest BCUT2D eigenvalue weighted by Gasteiger charge is 2.16. The van der Waals surface area contributed by atoms with Crippen LogP contribution in [0.4, 0.5) is 11.6 Å². The number of nitrogens with zero attached hydrogens (tertiary/aromatic N) is 2. The van der Waals surface area contributed by atoms with Crippen LogP contribution in [-0.4, -0.2) is 29.2 Å². The average molecular weight is 381 g/mol. The molecule has 4 aromatic rings. The van der Waals surface area contributed by atoms with E-state index in [2.05, 4.69) is 15.3 Å². The Morgan fingerprint density at radius 1 is 1.00 bits per heavy atom. The third kappa shape index (κ3) is 3.27. The third-order valence-electron chi connectivity index (χ3n) is 4.18. The number of hydrogen-bond acceptors (Lipinski definition) is 5. The van der Waals surface area contributed by atoms with Gasteiger partial charge in [-0.25, -0.2) is 4.98 Å². The van der Waals surface area contributed by atoms with E-state index in [0.717, 1.165) is 22.4 Å². The van der Waals surface area contributed by atoms with Crippen LogP contribution in [0.25, 0.3) is 22.3 Å². The van der Waals surface area contributed by atoms with Crippen molar-refractivity contribution < 1.29 is 9.47 Å². The Labute approximate surface area is 161 Å². The normalized spacial score (nSPS) is 10.8. The number of nitrogens with one attached hydrogen (secondary N) is 2. The zero-order chi connectivity index (χ0) is 18.8. The van der Waals surface area contributed by atoms with Crippen molar-refractivity contribution in [2.45, 2.75) is 0 Å². The molecule has 0 spiro atoms. The second-order valence-electron chi connectivity index (χ2n) is 5.81. The lowest BCUT2D eigenvalue weighted by atomic mass is 10.1. The maximum absolute atomic E-state index is 6.38. The standard InChI is InChI=1S/C20H17ClN4O2/c1-26-13-7-5-6-12(10-13)18-17-14(21)11-22-19(17)25-20(24-18)23-15-8-3-4-9-16(15)27-2/h3-11H,1-2H3,(H2,22,23,24,25). The van der Waals surface area contributed by atoms with Gasteiger partial charge in [0.25, 0.3) is 0 Å². The van der Waals surface area contributed by atoms with E-state index in [-0.39, 0.29) is 0 Å². The highest BCUT2D eigenvalue weighted by atomic mass is 35.5. The zero-order valence-electron chi connectivity index (χ0n) is 14.8. The van der Waals surface area contributed by atoms with Crippen LogP contribution in [0.15, 0.2) is 54.7 Å². The molecule has 2 aromatic carbocycles. The highest BCUT2D eigenvalue weighted by molar-refractivity contribution is 6.36. The van der Waals surface area contributed by atoms with Gasteiger partial charge in [0, 0.05) is 11.8 Å². The average Bonchev–Trinajstić information content (AvgIpc) is 3.08. The minimum atomic E-state index is 0.434. The lowest BCUT2D eigenvalue weighted by Crippen LogP contribution is -2.01. The maximum Gasteiger partial charge on any atom is 0.229 e. The number of aromatic amines is 1. The first-order chi connectivity index (χ1) is 13.2. The van der Waals surface area contributed by atoms with Crippen molar-refractivity contribution in [1.29, 1.82) is 0 Å². The predicted molar refractivity (Wildman–Crippen MR) is 107 cm³/mol. The van der Waals surface area contributed by atoms with Gasteiger partial charge in [-0.2, -0.15) is 4.98 Å². The summed E-state index contributed by atoms with van der Waals surface area (Å²) in [4.78, 5) is 12.4. The molecule has 0 fully saturated rings. The van der Waals surface area contributed by atoms with E-state index in [0.29, 0.717) is 28.1 Å².